The van der Waals surface area contributed by atoms with E-state index in [0.717, 1.165) is 67.6 Å². The molecule has 0 spiro atoms. The quantitative estimate of drug-likeness (QED) is 0.136. The second-order valence-corrected chi connectivity index (χ2v) is 16.1. The summed E-state index contributed by atoms with van der Waals surface area (Å²) in [6.07, 6.45) is 0. The van der Waals surface area contributed by atoms with E-state index in [1.54, 1.807) is 0 Å². The highest BCUT2D eigenvalue weighted by molar-refractivity contribution is 6.22. The highest BCUT2D eigenvalue weighted by Gasteiger charge is 2.22. The molecule has 0 unspecified atom stereocenters. The van der Waals surface area contributed by atoms with Crippen molar-refractivity contribution in [1.29, 1.82) is 0 Å². The van der Waals surface area contributed by atoms with Crippen molar-refractivity contribution in [2.45, 2.75) is 0 Å². The number of hydrogen-bond acceptors (Lipinski definition) is 4. The van der Waals surface area contributed by atoms with Gasteiger partial charge in [0.25, 0.3) is 0 Å². The second-order valence-electron chi connectivity index (χ2n) is 16.1. The van der Waals surface area contributed by atoms with Crippen LogP contribution >= 0.6 is 0 Å². The van der Waals surface area contributed by atoms with Gasteiger partial charge in [-0.1, -0.05) is 164 Å². The van der Waals surface area contributed by atoms with Crippen LogP contribution in [0, 0.1) is 0 Å². The van der Waals surface area contributed by atoms with E-state index in [-0.39, 0.29) is 0 Å². The van der Waals surface area contributed by atoms with E-state index in [9.17, 15) is 0 Å². The Hall–Kier alpha value is -8.60. The highest BCUT2D eigenvalue weighted by Crippen LogP contribution is 2.47. The second kappa shape index (κ2) is 15.7. The molecule has 12 rings (SSSR count). The van der Waals surface area contributed by atoms with Crippen LogP contribution in [0.4, 0.5) is 34.5 Å². The summed E-state index contributed by atoms with van der Waals surface area (Å²) in [4.78, 5) is 4.37. The van der Waals surface area contributed by atoms with Gasteiger partial charge in [0.2, 0.25) is 11.8 Å². The monoisotopic (exact) mass is 820 g/mol. The van der Waals surface area contributed by atoms with Gasteiger partial charge in [-0.05, 0) is 122 Å². The first-order valence-corrected chi connectivity index (χ1v) is 21.7. The number of furan rings is 2. The third kappa shape index (κ3) is 6.57. The fraction of sp³-hybridized carbons (Fsp3) is 0. The van der Waals surface area contributed by atoms with Crippen molar-refractivity contribution < 1.29 is 8.83 Å². The number of hydrogen-bond donors (Lipinski definition) is 0. The molecule has 4 nitrogen and oxygen atoms in total. The Morgan fingerprint density at radius 2 is 0.625 bits per heavy atom. The number of nitrogens with zero attached hydrogens (tertiary/aromatic N) is 2. The Morgan fingerprint density at radius 3 is 1.11 bits per heavy atom. The third-order valence-electron chi connectivity index (χ3n) is 12.3. The summed E-state index contributed by atoms with van der Waals surface area (Å²) in [6, 6.07) is 85.8. The molecular formula is C60H40N2O2. The Labute approximate surface area is 371 Å². The van der Waals surface area contributed by atoms with Crippen molar-refractivity contribution in [3.8, 4) is 33.4 Å². The maximum Gasteiger partial charge on any atom is 0.205 e. The lowest BCUT2D eigenvalue weighted by molar-refractivity contribution is 0.620. The van der Waals surface area contributed by atoms with E-state index in [1.807, 2.05) is 48.5 Å². The minimum Gasteiger partial charge on any atom is -0.440 e. The predicted molar refractivity (Wildman–Crippen MR) is 267 cm³/mol. The zero-order chi connectivity index (χ0) is 42.4. The molecule has 0 bridgehead atoms. The van der Waals surface area contributed by atoms with Crippen molar-refractivity contribution in [2.24, 2.45) is 0 Å². The highest BCUT2D eigenvalue weighted by atomic mass is 16.4. The van der Waals surface area contributed by atoms with Gasteiger partial charge in [-0.15, -0.1) is 0 Å². The molecule has 0 aliphatic carbocycles. The summed E-state index contributed by atoms with van der Waals surface area (Å²) >= 11 is 0. The lowest BCUT2D eigenvalue weighted by Crippen LogP contribution is -2.08. The fourth-order valence-electron chi connectivity index (χ4n) is 9.28. The largest absolute Gasteiger partial charge is 0.440 e. The minimum absolute atomic E-state index is 0.767. The number of anilines is 6. The molecule has 0 amide bonds. The van der Waals surface area contributed by atoms with E-state index in [0.29, 0.717) is 0 Å². The van der Waals surface area contributed by atoms with Gasteiger partial charge in [0.05, 0.1) is 0 Å². The van der Waals surface area contributed by atoms with Crippen LogP contribution in [0.25, 0.3) is 76.9 Å². The van der Waals surface area contributed by atoms with E-state index in [2.05, 4.69) is 204 Å². The van der Waals surface area contributed by atoms with Gasteiger partial charge in [0.15, 0.2) is 0 Å². The first kappa shape index (κ1) is 37.2. The van der Waals surface area contributed by atoms with Crippen LogP contribution in [0.5, 0.6) is 0 Å². The SMILES string of the molecule is c1ccc(-c2ccc3c(-c4ccc(N(c5ccccc5)c5cc6ccccc6o5)cc4)c4ccccc4c(-c4ccc(N(c5ccccc5)c5cc6ccccc6o5)cc4)c3c2)cc1. The zero-order valence-corrected chi connectivity index (χ0v) is 34.8. The lowest BCUT2D eigenvalue weighted by Gasteiger charge is -2.24. The summed E-state index contributed by atoms with van der Waals surface area (Å²) in [5, 5.41) is 6.90. The minimum atomic E-state index is 0.767. The Morgan fingerprint density at radius 1 is 0.250 bits per heavy atom. The summed E-state index contributed by atoms with van der Waals surface area (Å²) in [5.41, 5.74) is 12.8. The Bertz CT molecular complexity index is 3530. The molecule has 10 aromatic carbocycles. The molecule has 0 atom stereocenters. The van der Waals surface area contributed by atoms with Crippen LogP contribution in [0.3, 0.4) is 0 Å². The molecule has 0 saturated carbocycles. The number of fused-ring (bicyclic) bond motifs is 4. The smallest absolute Gasteiger partial charge is 0.205 e. The average Bonchev–Trinajstić information content (AvgIpc) is 3.99. The molecule has 0 N–H and O–H groups in total. The first-order chi connectivity index (χ1) is 31.7. The molecule has 302 valence electrons. The van der Waals surface area contributed by atoms with Crippen LogP contribution < -0.4 is 9.80 Å². The average molecular weight is 821 g/mol. The van der Waals surface area contributed by atoms with Crippen molar-refractivity contribution in [1.82, 2.24) is 0 Å². The number of rotatable bonds is 9. The van der Waals surface area contributed by atoms with Crippen molar-refractivity contribution in [2.75, 3.05) is 9.80 Å². The summed E-state index contributed by atoms with van der Waals surface area (Å²) in [7, 11) is 0. The van der Waals surface area contributed by atoms with Crippen LogP contribution in [0.1, 0.15) is 0 Å². The molecule has 0 fully saturated rings. The fourth-order valence-corrected chi connectivity index (χ4v) is 9.28. The summed E-state index contributed by atoms with van der Waals surface area (Å²) in [6.45, 7) is 0. The molecule has 2 heterocycles. The van der Waals surface area contributed by atoms with Gasteiger partial charge in [-0.3, -0.25) is 9.80 Å². The maximum atomic E-state index is 6.48. The van der Waals surface area contributed by atoms with Crippen LogP contribution in [0.15, 0.2) is 251 Å². The van der Waals surface area contributed by atoms with Gasteiger partial charge in [0.1, 0.15) is 11.2 Å². The van der Waals surface area contributed by atoms with E-state index >= 15 is 0 Å². The Balaban J connectivity index is 1.02. The van der Waals surface area contributed by atoms with Crippen LogP contribution in [-0.4, -0.2) is 0 Å². The molecular weight excluding hydrogens is 781 g/mol. The number of para-hydroxylation sites is 4. The molecule has 0 saturated heterocycles. The molecule has 0 aliphatic heterocycles. The maximum absolute atomic E-state index is 6.48. The molecule has 0 aliphatic rings. The van der Waals surface area contributed by atoms with Crippen LogP contribution in [-0.2, 0) is 0 Å². The van der Waals surface area contributed by atoms with Crippen LogP contribution in [0.2, 0.25) is 0 Å². The van der Waals surface area contributed by atoms with Crippen molar-refractivity contribution in [3.63, 3.8) is 0 Å². The third-order valence-corrected chi connectivity index (χ3v) is 12.3. The molecule has 4 heteroatoms. The summed E-state index contributed by atoms with van der Waals surface area (Å²) < 4.78 is 12.9. The summed E-state index contributed by atoms with van der Waals surface area (Å²) in [5.74, 6) is 1.53. The zero-order valence-electron chi connectivity index (χ0n) is 34.8. The standard InChI is InChI=1S/C60H40N2O2/c1-4-16-41(17-5-1)44-32-37-53-54(38-44)60(43-30-35-50(36-31-43)62(48-22-8-3-9-23-48)58-40-46-19-11-15-27-56(46)64-58)52-25-13-12-24-51(52)59(53)42-28-33-49(34-29-42)61(47-20-6-2-7-21-47)57-39-45-18-10-14-26-55(45)63-57/h1-40H. The normalized spacial score (nSPS) is 11.4. The van der Waals surface area contributed by atoms with Crippen molar-refractivity contribution in [3.05, 3.63) is 243 Å². The number of benzene rings is 10. The predicted octanol–water partition coefficient (Wildman–Crippen LogP) is 17.4. The molecule has 0 radical (unpaired) electrons. The van der Waals surface area contributed by atoms with E-state index in [1.165, 1.54) is 43.8 Å². The lowest BCUT2D eigenvalue weighted by atomic mass is 9.84. The van der Waals surface area contributed by atoms with E-state index < -0.39 is 0 Å². The first-order valence-electron chi connectivity index (χ1n) is 21.7. The van der Waals surface area contributed by atoms with Gasteiger partial charge in [-0.2, -0.15) is 0 Å². The van der Waals surface area contributed by atoms with Gasteiger partial charge < -0.3 is 8.83 Å². The van der Waals surface area contributed by atoms with E-state index in [4.69, 9.17) is 8.83 Å². The van der Waals surface area contributed by atoms with Gasteiger partial charge in [0, 0.05) is 45.7 Å². The molecule has 64 heavy (non-hydrogen) atoms. The van der Waals surface area contributed by atoms with Gasteiger partial charge >= 0.3 is 0 Å². The molecule has 12 aromatic rings. The van der Waals surface area contributed by atoms with Crippen molar-refractivity contribution >= 4 is 78.0 Å². The molecule has 2 aromatic heterocycles. The Kier molecular flexibility index (Phi) is 9.12. The topological polar surface area (TPSA) is 32.8 Å². The van der Waals surface area contributed by atoms with Gasteiger partial charge in [-0.25, -0.2) is 0 Å².